The number of aryl methyl sites for hydroxylation is 1. The summed E-state index contributed by atoms with van der Waals surface area (Å²) in [4.78, 5) is 12.6. The molecule has 0 fully saturated rings. The highest BCUT2D eigenvalue weighted by Crippen LogP contribution is 2.17. The zero-order chi connectivity index (χ0) is 15.8. The maximum absolute atomic E-state index is 13.3. The van der Waals surface area contributed by atoms with Crippen LogP contribution in [0.2, 0.25) is 0 Å². The Balaban J connectivity index is 1.75. The van der Waals surface area contributed by atoms with Crippen molar-refractivity contribution < 1.29 is 4.39 Å². The molecule has 0 aliphatic rings. The Kier molecular flexibility index (Phi) is 3.11. The van der Waals surface area contributed by atoms with E-state index in [1.165, 1.54) is 6.07 Å². The van der Waals surface area contributed by atoms with E-state index in [1.54, 1.807) is 35.4 Å². The zero-order valence-corrected chi connectivity index (χ0v) is 12.4. The van der Waals surface area contributed by atoms with E-state index in [0.29, 0.717) is 12.2 Å². The van der Waals surface area contributed by atoms with Gasteiger partial charge < -0.3 is 4.57 Å². The Morgan fingerprint density at radius 1 is 1.09 bits per heavy atom. The average Bonchev–Trinajstić information content (AvgIpc) is 3.14. The fourth-order valence-corrected chi connectivity index (χ4v) is 2.59. The third-order valence-corrected chi connectivity index (χ3v) is 3.75. The summed E-state index contributed by atoms with van der Waals surface area (Å²) in [6.45, 7) is 0. The molecule has 4 heterocycles. The predicted molar refractivity (Wildman–Crippen MR) is 82.6 cm³/mol. The van der Waals surface area contributed by atoms with Gasteiger partial charge in [0.25, 0.3) is 0 Å². The minimum Gasteiger partial charge on any atom is -0.330 e. The van der Waals surface area contributed by atoms with Crippen molar-refractivity contribution in [3.63, 3.8) is 0 Å². The summed E-state index contributed by atoms with van der Waals surface area (Å²) < 4.78 is 17.0. The molecule has 6 nitrogen and oxygen atoms in total. The van der Waals surface area contributed by atoms with Crippen LogP contribution in [0.4, 0.5) is 4.39 Å². The molecule has 0 spiro atoms. The molecule has 0 amide bonds. The van der Waals surface area contributed by atoms with Gasteiger partial charge in [0.1, 0.15) is 5.82 Å². The molecule has 23 heavy (non-hydrogen) atoms. The molecule has 114 valence electrons. The molecule has 0 atom stereocenters. The second-order valence-electron chi connectivity index (χ2n) is 5.18. The maximum atomic E-state index is 13.3. The zero-order valence-electron chi connectivity index (χ0n) is 12.4. The number of rotatable bonds is 3. The van der Waals surface area contributed by atoms with Gasteiger partial charge in [-0.2, -0.15) is 9.49 Å². The molecule has 4 aromatic rings. The third kappa shape index (κ3) is 2.36. The Labute approximate surface area is 131 Å². The number of nitrogens with zero attached hydrogens (tertiary/aromatic N) is 6. The van der Waals surface area contributed by atoms with E-state index in [0.717, 1.165) is 22.6 Å². The van der Waals surface area contributed by atoms with Crippen LogP contribution >= 0.6 is 0 Å². The smallest absolute Gasteiger partial charge is 0.214 e. The van der Waals surface area contributed by atoms with Gasteiger partial charge in [0, 0.05) is 25.9 Å². The molecule has 0 saturated heterocycles. The maximum Gasteiger partial charge on any atom is 0.214 e. The van der Waals surface area contributed by atoms with Crippen molar-refractivity contribution in [3.8, 4) is 5.82 Å². The minimum atomic E-state index is -0.530. The van der Waals surface area contributed by atoms with Crippen LogP contribution in [-0.2, 0) is 13.5 Å². The molecular weight excluding hydrogens is 295 g/mol. The Bertz CT molecular complexity index is 987. The fourth-order valence-electron chi connectivity index (χ4n) is 2.59. The van der Waals surface area contributed by atoms with E-state index in [9.17, 15) is 4.39 Å². The van der Waals surface area contributed by atoms with Gasteiger partial charge in [-0.05, 0) is 24.3 Å². The van der Waals surface area contributed by atoms with Gasteiger partial charge in [-0.3, -0.25) is 4.98 Å². The van der Waals surface area contributed by atoms with Crippen molar-refractivity contribution in [1.29, 1.82) is 0 Å². The number of halogens is 1. The second-order valence-corrected chi connectivity index (χ2v) is 5.18. The summed E-state index contributed by atoms with van der Waals surface area (Å²) in [5, 5.41) is 4.25. The van der Waals surface area contributed by atoms with E-state index in [1.807, 2.05) is 23.7 Å². The highest BCUT2D eigenvalue weighted by atomic mass is 19.1. The third-order valence-electron chi connectivity index (χ3n) is 3.75. The van der Waals surface area contributed by atoms with Crippen LogP contribution in [0.25, 0.3) is 16.9 Å². The van der Waals surface area contributed by atoms with Crippen LogP contribution in [0.1, 0.15) is 11.5 Å². The topological polar surface area (TPSA) is 61.4 Å². The van der Waals surface area contributed by atoms with Crippen LogP contribution in [0.15, 0.2) is 48.9 Å². The highest BCUT2D eigenvalue weighted by molar-refractivity contribution is 5.74. The summed E-state index contributed by atoms with van der Waals surface area (Å²) in [6.07, 6.45) is 5.74. The van der Waals surface area contributed by atoms with Crippen molar-refractivity contribution in [2.24, 2.45) is 7.05 Å². The van der Waals surface area contributed by atoms with Gasteiger partial charge in [0.15, 0.2) is 5.82 Å². The van der Waals surface area contributed by atoms with Crippen molar-refractivity contribution in [3.05, 3.63) is 66.4 Å². The number of fused-ring (bicyclic) bond motifs is 1. The molecule has 4 rings (SSSR count). The summed E-state index contributed by atoms with van der Waals surface area (Å²) in [6, 6.07) is 8.40. The lowest BCUT2D eigenvalue weighted by Crippen LogP contribution is -2.08. The lowest BCUT2D eigenvalue weighted by atomic mass is 10.3. The second kappa shape index (κ2) is 5.28. The van der Waals surface area contributed by atoms with Gasteiger partial charge in [-0.1, -0.05) is 6.07 Å². The molecule has 0 unspecified atom stereocenters. The lowest BCUT2D eigenvalue weighted by Gasteiger charge is -2.07. The van der Waals surface area contributed by atoms with Crippen LogP contribution < -0.4 is 0 Å². The van der Waals surface area contributed by atoms with Crippen molar-refractivity contribution >= 4 is 11.0 Å². The minimum absolute atomic E-state index is 0.449. The quantitative estimate of drug-likeness (QED) is 0.545. The Morgan fingerprint density at radius 3 is 2.83 bits per heavy atom. The van der Waals surface area contributed by atoms with Crippen LogP contribution in [0.3, 0.4) is 0 Å². The summed E-state index contributed by atoms with van der Waals surface area (Å²) in [5.74, 6) is 0.800. The SMILES string of the molecule is Cn1c(Cc2ccnn2-c2cccc(F)n2)nc2ccncc21. The monoisotopic (exact) mass is 308 g/mol. The van der Waals surface area contributed by atoms with Crippen LogP contribution in [-0.4, -0.2) is 29.3 Å². The average molecular weight is 308 g/mol. The van der Waals surface area contributed by atoms with Gasteiger partial charge in [0.05, 0.1) is 22.9 Å². The molecule has 4 aromatic heterocycles. The Hall–Kier alpha value is -3.09. The lowest BCUT2D eigenvalue weighted by molar-refractivity contribution is 0.576. The number of hydrogen-bond donors (Lipinski definition) is 0. The van der Waals surface area contributed by atoms with Gasteiger partial charge >= 0.3 is 0 Å². The molecule has 0 saturated carbocycles. The summed E-state index contributed by atoms with van der Waals surface area (Å²) in [5.41, 5.74) is 2.75. The molecule has 0 radical (unpaired) electrons. The van der Waals surface area contributed by atoms with E-state index in [-0.39, 0.29) is 0 Å². The number of imidazole rings is 1. The van der Waals surface area contributed by atoms with Gasteiger partial charge in [0.2, 0.25) is 5.95 Å². The van der Waals surface area contributed by atoms with E-state index in [2.05, 4.69) is 20.1 Å². The molecule has 0 bridgehead atoms. The first kappa shape index (κ1) is 13.6. The summed E-state index contributed by atoms with van der Waals surface area (Å²) >= 11 is 0. The standard InChI is InChI=1S/C16H13FN6/c1-22-13-10-18-7-6-12(13)20-16(22)9-11-5-8-19-23(11)15-4-2-3-14(17)21-15/h2-8,10H,9H2,1H3. The van der Waals surface area contributed by atoms with E-state index in [4.69, 9.17) is 0 Å². The summed E-state index contributed by atoms with van der Waals surface area (Å²) in [7, 11) is 1.95. The normalized spacial score (nSPS) is 11.2. The predicted octanol–water partition coefficient (Wildman–Crippen LogP) is 2.28. The van der Waals surface area contributed by atoms with Gasteiger partial charge in [-0.25, -0.2) is 14.6 Å². The van der Waals surface area contributed by atoms with Crippen LogP contribution in [0.5, 0.6) is 0 Å². The molecule has 0 N–H and O–H groups in total. The van der Waals surface area contributed by atoms with Crippen LogP contribution in [0, 0.1) is 5.95 Å². The molecule has 0 aliphatic heterocycles. The highest BCUT2D eigenvalue weighted by Gasteiger charge is 2.13. The fraction of sp³-hybridized carbons (Fsp3) is 0.125. The van der Waals surface area contributed by atoms with Crippen molar-refractivity contribution in [2.45, 2.75) is 6.42 Å². The molecular formula is C16H13FN6. The molecule has 0 aliphatic carbocycles. The number of hydrogen-bond acceptors (Lipinski definition) is 4. The molecule has 7 heteroatoms. The van der Waals surface area contributed by atoms with Crippen molar-refractivity contribution in [1.82, 2.24) is 29.3 Å². The first-order chi connectivity index (χ1) is 11.2. The first-order valence-corrected chi connectivity index (χ1v) is 7.13. The number of pyridine rings is 2. The van der Waals surface area contributed by atoms with Crippen molar-refractivity contribution in [2.75, 3.05) is 0 Å². The van der Waals surface area contributed by atoms with E-state index >= 15 is 0 Å². The Morgan fingerprint density at radius 2 is 2.00 bits per heavy atom. The number of aromatic nitrogens is 6. The molecule has 0 aromatic carbocycles. The first-order valence-electron chi connectivity index (χ1n) is 7.13. The van der Waals surface area contributed by atoms with Gasteiger partial charge in [-0.15, -0.1) is 0 Å². The van der Waals surface area contributed by atoms with E-state index < -0.39 is 5.95 Å². The largest absolute Gasteiger partial charge is 0.330 e.